The van der Waals surface area contributed by atoms with Gasteiger partial charge in [0, 0.05) is 29.3 Å². The van der Waals surface area contributed by atoms with E-state index in [9.17, 15) is 24.8 Å². The highest BCUT2D eigenvalue weighted by atomic mass is 32.2. The second kappa shape index (κ2) is 10.9. The lowest BCUT2D eigenvalue weighted by Crippen LogP contribution is -2.75. The van der Waals surface area contributed by atoms with Crippen LogP contribution in [-0.2, 0) is 19.2 Å². The van der Waals surface area contributed by atoms with E-state index in [0.717, 1.165) is 23.1 Å². The third-order valence-electron chi connectivity index (χ3n) is 5.63. The number of anilines is 1. The largest absolute Gasteiger partial charge is 0.481 e. The molecule has 4 rings (SSSR count). The van der Waals surface area contributed by atoms with Gasteiger partial charge in [-0.15, -0.1) is 28.2 Å². The fraction of sp³-hybridized carbons (Fsp3) is 0.526. The van der Waals surface area contributed by atoms with E-state index in [1.54, 1.807) is 19.2 Å². The molecule has 0 saturated carbocycles. The molecule has 18 heteroatoms. The molecule has 0 radical (unpaired) electrons. The highest BCUT2D eigenvalue weighted by molar-refractivity contribution is 8.01. The summed E-state index contributed by atoms with van der Waals surface area (Å²) in [6.07, 6.45) is -0.401. The summed E-state index contributed by atoms with van der Waals surface area (Å²) in [6, 6.07) is 1.12. The number of nitrogens with two attached hydrogens (primary N) is 1. The number of nitrogens with one attached hydrogen (secondary N) is 2. The molecule has 0 aliphatic carbocycles. The van der Waals surface area contributed by atoms with E-state index in [2.05, 4.69) is 36.1 Å². The van der Waals surface area contributed by atoms with Crippen LogP contribution in [0, 0.1) is 16.7 Å². The lowest BCUT2D eigenvalue weighted by atomic mass is 9.82. The quantitative estimate of drug-likeness (QED) is 0.128. The van der Waals surface area contributed by atoms with Crippen molar-refractivity contribution >= 4 is 63.5 Å². The van der Waals surface area contributed by atoms with E-state index in [-0.39, 0.29) is 46.5 Å². The van der Waals surface area contributed by atoms with Crippen molar-refractivity contribution in [3.8, 4) is 6.07 Å². The van der Waals surface area contributed by atoms with Gasteiger partial charge in [-0.25, -0.2) is 10.1 Å². The van der Waals surface area contributed by atoms with Crippen LogP contribution < -0.4 is 11.1 Å². The van der Waals surface area contributed by atoms with Crippen molar-refractivity contribution in [1.29, 1.82) is 5.26 Å². The molecule has 5 N–H and O–H groups in total. The molecule has 0 bridgehead atoms. The average molecular weight is 567 g/mol. The predicted molar refractivity (Wildman–Crippen MR) is 133 cm³/mol. The van der Waals surface area contributed by atoms with Gasteiger partial charge in [0.05, 0.1) is 6.07 Å². The molecule has 4 atom stereocenters. The normalized spacial score (nSPS) is 24.1. The van der Waals surface area contributed by atoms with Crippen LogP contribution in [0.2, 0.25) is 0 Å². The molecule has 37 heavy (non-hydrogen) atoms. The van der Waals surface area contributed by atoms with Crippen molar-refractivity contribution in [1.82, 2.24) is 35.8 Å². The van der Waals surface area contributed by atoms with Gasteiger partial charge in [0.2, 0.25) is 11.1 Å². The molecule has 15 nitrogen and oxygen atoms in total. The van der Waals surface area contributed by atoms with Gasteiger partial charge in [-0.05, 0) is 24.3 Å². The molecule has 2 aliphatic rings. The maximum absolute atomic E-state index is 13.1. The number of thioether (sulfide) groups is 2. The zero-order valence-electron chi connectivity index (χ0n) is 19.5. The van der Waals surface area contributed by atoms with Gasteiger partial charge in [-0.3, -0.25) is 14.4 Å². The fourth-order valence-electron chi connectivity index (χ4n) is 3.79. The molecule has 4 heterocycles. The molecule has 196 valence electrons. The lowest BCUT2D eigenvalue weighted by Gasteiger charge is -2.55. The van der Waals surface area contributed by atoms with E-state index in [0.29, 0.717) is 0 Å². The second-order valence-corrected chi connectivity index (χ2v) is 11.6. The molecule has 2 amide bonds. The Morgan fingerprint density at radius 3 is 2.92 bits per heavy atom. The van der Waals surface area contributed by atoms with Crippen LogP contribution in [0.1, 0.15) is 26.0 Å². The topological polar surface area (TPSA) is 225 Å². The molecular formula is C19H22N10O5S3. The van der Waals surface area contributed by atoms with Gasteiger partial charge in [-0.2, -0.15) is 5.26 Å². The number of oxime groups is 1. The van der Waals surface area contributed by atoms with Crippen LogP contribution >= 0.6 is 34.9 Å². The Kier molecular flexibility index (Phi) is 7.85. The lowest BCUT2D eigenvalue weighted by molar-refractivity contribution is -0.158. The molecule has 2 fully saturated rings. The van der Waals surface area contributed by atoms with E-state index in [1.807, 2.05) is 6.07 Å². The number of carboxylic acid groups (broad SMARTS) is 1. The van der Waals surface area contributed by atoms with E-state index < -0.39 is 39.9 Å². The Hall–Kier alpha value is -3.43. The number of nitriles is 1. The van der Waals surface area contributed by atoms with Crippen LogP contribution in [-0.4, -0.2) is 94.2 Å². The fourth-order valence-corrected chi connectivity index (χ4v) is 7.15. The SMILES string of the molecule is CC(C)ON=C(C(=O)NC1C(=O)N2CC(C(=O)O)(C(CC#N)Sc3nnn[nH]3)CS[C@H]12)c1csc(N)n1. The van der Waals surface area contributed by atoms with Gasteiger partial charge < -0.3 is 25.9 Å². The zero-order valence-corrected chi connectivity index (χ0v) is 22.0. The summed E-state index contributed by atoms with van der Waals surface area (Å²) in [4.78, 5) is 49.3. The van der Waals surface area contributed by atoms with Crippen LogP contribution in [0.3, 0.4) is 0 Å². The number of H-pyrrole nitrogens is 1. The summed E-state index contributed by atoms with van der Waals surface area (Å²) >= 11 is 3.39. The first-order valence-corrected chi connectivity index (χ1v) is 13.7. The number of β-lactam (4-membered cyclic amide) rings is 1. The van der Waals surface area contributed by atoms with Crippen molar-refractivity contribution in [3.63, 3.8) is 0 Å². The van der Waals surface area contributed by atoms with E-state index >= 15 is 0 Å². The van der Waals surface area contributed by atoms with Crippen LogP contribution in [0.4, 0.5) is 5.13 Å². The summed E-state index contributed by atoms with van der Waals surface area (Å²) in [5, 5.41) is 40.3. The van der Waals surface area contributed by atoms with Crippen molar-refractivity contribution in [3.05, 3.63) is 11.1 Å². The Bertz CT molecular complexity index is 1250. The molecular weight excluding hydrogens is 544 g/mol. The number of carboxylic acids is 1. The average Bonchev–Trinajstić information content (AvgIpc) is 3.53. The molecule has 3 unspecified atom stereocenters. The van der Waals surface area contributed by atoms with Crippen LogP contribution in [0.5, 0.6) is 0 Å². The minimum Gasteiger partial charge on any atom is -0.481 e. The Morgan fingerprint density at radius 2 is 2.32 bits per heavy atom. The van der Waals surface area contributed by atoms with Crippen molar-refractivity contribution < 1.29 is 24.3 Å². The number of hydrogen-bond donors (Lipinski definition) is 4. The Balaban J connectivity index is 1.50. The number of aromatic amines is 1. The summed E-state index contributed by atoms with van der Waals surface area (Å²) in [5.41, 5.74) is 4.34. The predicted octanol–water partition coefficient (Wildman–Crippen LogP) is -0.0870. The third kappa shape index (κ3) is 5.33. The standard InChI is InChI=1S/C19H22N10O5S3/c1-8(2)34-26-11(9-5-35-17(21)22-9)13(30)23-12-14(31)29-6-19(16(32)33,7-36-15(12)29)10(3-4-20)37-18-24-27-28-25-18/h5,8,10,12,15H,3,6-7H2,1-2H3,(H2,21,22)(H,23,30)(H,32,33)(H,24,25,27,28)/t10?,12?,15-,19?/m1/s1. The van der Waals surface area contributed by atoms with Gasteiger partial charge in [0.1, 0.15) is 28.6 Å². The molecule has 0 aromatic carbocycles. The van der Waals surface area contributed by atoms with E-state index in [4.69, 9.17) is 10.6 Å². The van der Waals surface area contributed by atoms with Gasteiger partial charge in [-0.1, -0.05) is 16.9 Å². The number of aromatic nitrogens is 5. The number of hydrogen-bond acceptors (Lipinski definition) is 14. The highest BCUT2D eigenvalue weighted by Crippen LogP contribution is 2.48. The summed E-state index contributed by atoms with van der Waals surface area (Å²) in [6.45, 7) is 3.35. The molecule has 2 aliphatic heterocycles. The monoisotopic (exact) mass is 566 g/mol. The first-order valence-electron chi connectivity index (χ1n) is 10.8. The smallest absolute Gasteiger partial charge is 0.313 e. The van der Waals surface area contributed by atoms with Crippen molar-refractivity contribution in [2.45, 2.75) is 48.2 Å². The van der Waals surface area contributed by atoms with Gasteiger partial charge >= 0.3 is 5.97 Å². The number of nitrogens with zero attached hydrogens (tertiary/aromatic N) is 7. The van der Waals surface area contributed by atoms with Gasteiger partial charge in [0.25, 0.3) is 5.91 Å². The first kappa shape index (κ1) is 26.6. The Labute approximate surface area is 222 Å². The molecule has 2 aromatic heterocycles. The Morgan fingerprint density at radius 1 is 1.54 bits per heavy atom. The van der Waals surface area contributed by atoms with Gasteiger partial charge in [0.15, 0.2) is 10.8 Å². The highest BCUT2D eigenvalue weighted by Gasteiger charge is 2.60. The molecule has 2 saturated heterocycles. The van der Waals surface area contributed by atoms with Crippen LogP contribution in [0.25, 0.3) is 0 Å². The zero-order chi connectivity index (χ0) is 26.7. The minimum atomic E-state index is -1.44. The second-order valence-electron chi connectivity index (χ2n) is 8.42. The number of thiazole rings is 1. The number of aliphatic carboxylic acids is 1. The van der Waals surface area contributed by atoms with Crippen LogP contribution in [0.15, 0.2) is 15.7 Å². The number of rotatable bonds is 10. The summed E-state index contributed by atoms with van der Waals surface area (Å²) < 4.78 is 0. The number of nitrogen functional groups attached to an aromatic ring is 1. The van der Waals surface area contributed by atoms with E-state index in [1.165, 1.54) is 16.7 Å². The first-order chi connectivity index (χ1) is 17.7. The number of amides is 2. The number of fused-ring (bicyclic) bond motifs is 1. The summed E-state index contributed by atoms with van der Waals surface area (Å²) in [7, 11) is 0. The molecule has 2 aromatic rings. The number of tetrazole rings is 1. The maximum atomic E-state index is 13.1. The summed E-state index contributed by atoms with van der Waals surface area (Å²) in [5.74, 6) is -2.15. The minimum absolute atomic E-state index is 0.0997. The van der Waals surface area contributed by atoms with Crippen molar-refractivity contribution in [2.75, 3.05) is 18.0 Å². The molecule has 0 spiro atoms. The van der Waals surface area contributed by atoms with Crippen molar-refractivity contribution in [2.24, 2.45) is 10.6 Å². The number of carbonyl (C=O) groups excluding carboxylic acids is 2. The third-order valence-corrected chi connectivity index (χ3v) is 9.15. The maximum Gasteiger partial charge on any atom is 0.313 e. The number of carbonyl (C=O) groups is 3.